The maximum absolute atomic E-state index is 13.8. The molecule has 2 N–H and O–H groups in total. The van der Waals surface area contributed by atoms with Crippen LogP contribution in [0.25, 0.3) is 0 Å². The number of likely N-dealkylation sites (N-methyl/N-ethyl adjacent to an activating group) is 1. The number of hydrogen-bond acceptors (Lipinski definition) is 4. The molecule has 35 heavy (non-hydrogen) atoms. The lowest BCUT2D eigenvalue weighted by molar-refractivity contribution is -0.121. The zero-order chi connectivity index (χ0) is 24.3. The number of carbonyl (C=O) groups is 1. The molecule has 0 saturated heterocycles. The summed E-state index contributed by atoms with van der Waals surface area (Å²) in [7, 11) is 1.76. The average molecular weight is 465 g/mol. The second-order valence-electron chi connectivity index (χ2n) is 8.71. The van der Waals surface area contributed by atoms with Gasteiger partial charge in [-0.1, -0.05) is 97.1 Å². The number of ether oxygens (including phenoxy) is 1. The van der Waals surface area contributed by atoms with Crippen LogP contribution < -0.4 is 15.0 Å². The summed E-state index contributed by atoms with van der Waals surface area (Å²) in [5, 5.41) is 13.3. The molecule has 0 radical (unpaired) electrons. The van der Waals surface area contributed by atoms with Crippen molar-refractivity contribution < 1.29 is 14.6 Å². The molecule has 1 atom stereocenters. The van der Waals surface area contributed by atoms with Crippen LogP contribution in [0.15, 0.2) is 109 Å². The van der Waals surface area contributed by atoms with Crippen molar-refractivity contribution in [3.8, 4) is 5.75 Å². The fraction of sp³-hybridized carbons (Fsp3) is 0.167. The zero-order valence-electron chi connectivity index (χ0n) is 19.6. The molecule has 1 aliphatic heterocycles. The first-order valence-electron chi connectivity index (χ1n) is 11.7. The zero-order valence-corrected chi connectivity index (χ0v) is 19.6. The van der Waals surface area contributed by atoms with Crippen LogP contribution in [-0.4, -0.2) is 30.7 Å². The van der Waals surface area contributed by atoms with Crippen molar-refractivity contribution in [2.45, 2.75) is 18.2 Å². The smallest absolute Gasteiger partial charge is 0.247 e. The highest BCUT2D eigenvalue weighted by atomic mass is 16.5. The average Bonchev–Trinajstić information content (AvgIpc) is 3.04. The van der Waals surface area contributed by atoms with Crippen LogP contribution in [0.5, 0.6) is 5.75 Å². The van der Waals surface area contributed by atoms with E-state index in [1.54, 1.807) is 18.0 Å². The third-order valence-electron chi connectivity index (χ3n) is 6.61. The monoisotopic (exact) mass is 464 g/mol. The predicted molar refractivity (Wildman–Crippen MR) is 137 cm³/mol. The number of amides is 1. The van der Waals surface area contributed by atoms with Crippen molar-refractivity contribution in [1.29, 1.82) is 0 Å². The van der Waals surface area contributed by atoms with Gasteiger partial charge in [0.1, 0.15) is 18.4 Å². The van der Waals surface area contributed by atoms with E-state index >= 15 is 0 Å². The van der Waals surface area contributed by atoms with Gasteiger partial charge >= 0.3 is 0 Å². The van der Waals surface area contributed by atoms with Crippen LogP contribution in [0, 0.1) is 0 Å². The SMILES string of the molecule is CN1C(=O)[C@@H](NC(c2ccccc2)(c2ccccc2)c2ccccc2)COc2cc(CO)ccc21. The highest BCUT2D eigenvalue weighted by Crippen LogP contribution is 2.38. The van der Waals surface area contributed by atoms with E-state index in [1.165, 1.54) is 0 Å². The van der Waals surface area contributed by atoms with E-state index in [4.69, 9.17) is 4.74 Å². The number of anilines is 1. The molecule has 0 aromatic heterocycles. The Labute approximate surface area is 205 Å². The Morgan fingerprint density at radius 2 is 1.37 bits per heavy atom. The van der Waals surface area contributed by atoms with Crippen LogP contribution in [0.1, 0.15) is 22.3 Å². The molecule has 1 amide bonds. The van der Waals surface area contributed by atoms with Crippen LogP contribution in [-0.2, 0) is 16.9 Å². The number of nitrogens with zero attached hydrogens (tertiary/aromatic N) is 1. The first-order chi connectivity index (χ1) is 17.1. The summed E-state index contributed by atoms with van der Waals surface area (Å²) in [6.45, 7) is 0.0639. The van der Waals surface area contributed by atoms with Crippen LogP contribution in [0.3, 0.4) is 0 Å². The van der Waals surface area contributed by atoms with E-state index in [0.717, 1.165) is 22.3 Å². The Balaban J connectivity index is 1.64. The molecule has 0 saturated carbocycles. The van der Waals surface area contributed by atoms with Gasteiger partial charge in [-0.25, -0.2) is 0 Å². The summed E-state index contributed by atoms with van der Waals surface area (Å²) in [6, 6.07) is 35.4. The molecular formula is C30H28N2O3. The number of fused-ring (bicyclic) bond motifs is 1. The van der Waals surface area contributed by atoms with Crippen molar-refractivity contribution in [1.82, 2.24) is 5.32 Å². The first-order valence-corrected chi connectivity index (χ1v) is 11.7. The molecule has 0 unspecified atom stereocenters. The second-order valence-corrected chi connectivity index (χ2v) is 8.71. The minimum atomic E-state index is -0.791. The van der Waals surface area contributed by atoms with Gasteiger partial charge in [0, 0.05) is 7.05 Å². The summed E-state index contributed by atoms with van der Waals surface area (Å²) in [4.78, 5) is 15.4. The van der Waals surface area contributed by atoms with Crippen molar-refractivity contribution in [2.24, 2.45) is 0 Å². The van der Waals surface area contributed by atoms with Crippen molar-refractivity contribution >= 4 is 11.6 Å². The summed E-state index contributed by atoms with van der Waals surface area (Å²) < 4.78 is 6.16. The highest BCUT2D eigenvalue weighted by molar-refractivity contribution is 5.99. The number of nitrogens with one attached hydrogen (secondary N) is 1. The van der Waals surface area contributed by atoms with Gasteiger partial charge in [0.15, 0.2) is 0 Å². The maximum atomic E-state index is 13.8. The Morgan fingerprint density at radius 3 is 1.86 bits per heavy atom. The largest absolute Gasteiger partial charge is 0.489 e. The molecule has 5 rings (SSSR count). The number of hydrogen-bond donors (Lipinski definition) is 2. The van der Waals surface area contributed by atoms with Gasteiger partial charge in [-0.2, -0.15) is 0 Å². The topological polar surface area (TPSA) is 61.8 Å². The number of rotatable bonds is 6. The van der Waals surface area contributed by atoms with Gasteiger partial charge in [-0.3, -0.25) is 10.1 Å². The van der Waals surface area contributed by atoms with Gasteiger partial charge in [0.05, 0.1) is 17.8 Å². The first kappa shape index (κ1) is 22.8. The third-order valence-corrected chi connectivity index (χ3v) is 6.61. The number of aliphatic hydroxyl groups excluding tert-OH is 1. The molecule has 0 spiro atoms. The minimum absolute atomic E-state index is 0.0882. The molecule has 176 valence electrons. The van der Waals surface area contributed by atoms with Crippen molar-refractivity contribution in [2.75, 3.05) is 18.6 Å². The summed E-state index contributed by atoms with van der Waals surface area (Å²) in [6.07, 6.45) is 0. The molecule has 0 bridgehead atoms. The molecule has 5 nitrogen and oxygen atoms in total. The van der Waals surface area contributed by atoms with E-state index in [1.807, 2.05) is 66.7 Å². The third kappa shape index (κ3) is 4.20. The van der Waals surface area contributed by atoms with E-state index in [9.17, 15) is 9.90 Å². The fourth-order valence-electron chi connectivity index (χ4n) is 4.83. The lowest BCUT2D eigenvalue weighted by atomic mass is 9.76. The van der Waals surface area contributed by atoms with E-state index in [0.29, 0.717) is 11.4 Å². The van der Waals surface area contributed by atoms with Gasteiger partial charge in [0.2, 0.25) is 5.91 Å². The molecule has 1 aliphatic rings. The summed E-state index contributed by atoms with van der Waals surface area (Å²) >= 11 is 0. The minimum Gasteiger partial charge on any atom is -0.489 e. The standard InChI is InChI=1S/C30H28N2O3/c1-32-27-18-17-22(20-33)19-28(27)35-21-26(29(32)34)31-30(23-11-5-2-6-12-23,24-13-7-3-8-14-24)25-15-9-4-10-16-25/h2-19,26,31,33H,20-21H2,1H3/t26-/m0/s1. The molecule has 0 aliphatic carbocycles. The van der Waals surface area contributed by atoms with Crippen molar-refractivity contribution in [3.05, 3.63) is 131 Å². The second kappa shape index (κ2) is 9.74. The van der Waals surface area contributed by atoms with E-state index in [-0.39, 0.29) is 19.1 Å². The molecule has 4 aromatic carbocycles. The summed E-state index contributed by atoms with van der Waals surface area (Å²) in [5.74, 6) is 0.495. The van der Waals surface area contributed by atoms with Crippen molar-refractivity contribution in [3.63, 3.8) is 0 Å². The Hall–Kier alpha value is -3.93. The van der Waals surface area contributed by atoms with Gasteiger partial charge in [-0.05, 0) is 34.4 Å². The van der Waals surface area contributed by atoms with Crippen LogP contribution in [0.4, 0.5) is 5.69 Å². The predicted octanol–water partition coefficient (Wildman–Crippen LogP) is 4.48. The normalized spacial score (nSPS) is 15.8. The Bertz CT molecular complexity index is 1200. The molecular weight excluding hydrogens is 436 g/mol. The number of aliphatic hydroxyl groups is 1. The Morgan fingerprint density at radius 1 is 0.857 bits per heavy atom. The molecule has 5 heteroatoms. The summed E-state index contributed by atoms with van der Waals surface area (Å²) in [5.41, 5.74) is 3.71. The molecule has 4 aromatic rings. The van der Waals surface area contributed by atoms with Crippen LogP contribution in [0.2, 0.25) is 0 Å². The molecule has 1 heterocycles. The number of benzene rings is 4. The Kier molecular flexibility index (Phi) is 6.36. The van der Waals surface area contributed by atoms with E-state index in [2.05, 4.69) is 41.7 Å². The lowest BCUT2D eigenvalue weighted by Gasteiger charge is -2.39. The quantitative estimate of drug-likeness (QED) is 0.413. The number of carbonyl (C=O) groups excluding carboxylic acids is 1. The highest BCUT2D eigenvalue weighted by Gasteiger charge is 2.41. The maximum Gasteiger partial charge on any atom is 0.247 e. The van der Waals surface area contributed by atoms with E-state index < -0.39 is 11.6 Å². The van der Waals surface area contributed by atoms with Gasteiger partial charge in [-0.15, -0.1) is 0 Å². The lowest BCUT2D eigenvalue weighted by Crippen LogP contribution is -2.56. The fourth-order valence-corrected chi connectivity index (χ4v) is 4.83. The van der Waals surface area contributed by atoms with Gasteiger partial charge < -0.3 is 14.7 Å². The molecule has 0 fully saturated rings. The van der Waals surface area contributed by atoms with Crippen LogP contribution >= 0.6 is 0 Å². The van der Waals surface area contributed by atoms with Gasteiger partial charge in [0.25, 0.3) is 0 Å².